The summed E-state index contributed by atoms with van der Waals surface area (Å²) < 4.78 is 0. The molecule has 17 heavy (non-hydrogen) atoms. The van der Waals surface area contributed by atoms with Crippen LogP contribution in [0, 0.1) is 6.92 Å². The minimum atomic E-state index is -0.562. The SMILES string of the molecule is CCc1cnccc1C(O)c1ccc(C)cc1. The van der Waals surface area contributed by atoms with Crippen molar-refractivity contribution in [2.75, 3.05) is 0 Å². The molecule has 2 nitrogen and oxygen atoms in total. The first-order chi connectivity index (χ1) is 8.22. The Morgan fingerprint density at radius 2 is 1.88 bits per heavy atom. The number of aromatic nitrogens is 1. The summed E-state index contributed by atoms with van der Waals surface area (Å²) in [5.41, 5.74) is 4.18. The largest absolute Gasteiger partial charge is 0.384 e. The fourth-order valence-electron chi connectivity index (χ4n) is 1.93. The van der Waals surface area contributed by atoms with E-state index in [-0.39, 0.29) is 0 Å². The van der Waals surface area contributed by atoms with Crippen molar-refractivity contribution in [2.24, 2.45) is 0 Å². The number of aliphatic hydroxyl groups excluding tert-OH is 1. The van der Waals surface area contributed by atoms with Crippen LogP contribution in [0.4, 0.5) is 0 Å². The molecule has 0 radical (unpaired) electrons. The van der Waals surface area contributed by atoms with Gasteiger partial charge < -0.3 is 5.11 Å². The zero-order valence-electron chi connectivity index (χ0n) is 10.2. The quantitative estimate of drug-likeness (QED) is 0.874. The number of rotatable bonds is 3. The van der Waals surface area contributed by atoms with Crippen LogP contribution in [0.2, 0.25) is 0 Å². The van der Waals surface area contributed by atoms with Crippen LogP contribution in [0.25, 0.3) is 0 Å². The molecule has 2 rings (SSSR count). The lowest BCUT2D eigenvalue weighted by molar-refractivity contribution is 0.219. The highest BCUT2D eigenvalue weighted by atomic mass is 16.3. The van der Waals surface area contributed by atoms with Crippen LogP contribution in [0.1, 0.15) is 35.3 Å². The van der Waals surface area contributed by atoms with Gasteiger partial charge in [0, 0.05) is 12.4 Å². The average Bonchev–Trinajstić information content (AvgIpc) is 2.39. The fourth-order valence-corrected chi connectivity index (χ4v) is 1.93. The van der Waals surface area contributed by atoms with E-state index in [0.29, 0.717) is 0 Å². The van der Waals surface area contributed by atoms with Gasteiger partial charge in [-0.1, -0.05) is 36.8 Å². The lowest BCUT2D eigenvalue weighted by atomic mass is 9.97. The standard InChI is InChI=1S/C15H17NO/c1-3-12-10-16-9-8-14(12)15(17)13-6-4-11(2)5-7-13/h4-10,15,17H,3H2,1-2H3. The van der Waals surface area contributed by atoms with Gasteiger partial charge in [-0.3, -0.25) is 4.98 Å². The van der Waals surface area contributed by atoms with Crippen LogP contribution in [-0.4, -0.2) is 10.1 Å². The molecule has 0 fully saturated rings. The first-order valence-electron chi connectivity index (χ1n) is 5.89. The lowest BCUT2D eigenvalue weighted by Gasteiger charge is -2.15. The molecule has 0 aliphatic rings. The molecule has 88 valence electrons. The zero-order chi connectivity index (χ0) is 12.3. The molecule has 0 amide bonds. The molecule has 0 saturated carbocycles. The van der Waals surface area contributed by atoms with Gasteiger partial charge in [-0.2, -0.15) is 0 Å². The van der Waals surface area contributed by atoms with Crippen molar-refractivity contribution >= 4 is 0 Å². The molecule has 0 aliphatic heterocycles. The van der Waals surface area contributed by atoms with Gasteiger partial charge in [0.05, 0.1) is 0 Å². The van der Waals surface area contributed by atoms with E-state index in [2.05, 4.69) is 11.9 Å². The van der Waals surface area contributed by atoms with E-state index in [0.717, 1.165) is 23.1 Å². The van der Waals surface area contributed by atoms with Crippen LogP contribution in [-0.2, 0) is 6.42 Å². The topological polar surface area (TPSA) is 33.1 Å². The molecule has 0 aliphatic carbocycles. The molecule has 1 aromatic heterocycles. The molecule has 0 bridgehead atoms. The van der Waals surface area contributed by atoms with Crippen molar-refractivity contribution in [3.8, 4) is 0 Å². The molecule has 1 aromatic carbocycles. The molecule has 1 unspecified atom stereocenters. The van der Waals surface area contributed by atoms with Crippen LogP contribution in [0.5, 0.6) is 0 Å². The predicted octanol–water partition coefficient (Wildman–Crippen LogP) is 3.03. The van der Waals surface area contributed by atoms with E-state index in [9.17, 15) is 5.11 Å². The summed E-state index contributed by atoms with van der Waals surface area (Å²) in [4.78, 5) is 4.10. The molecular weight excluding hydrogens is 210 g/mol. The Hall–Kier alpha value is -1.67. The highest BCUT2D eigenvalue weighted by Crippen LogP contribution is 2.24. The zero-order valence-corrected chi connectivity index (χ0v) is 10.2. The molecule has 1 heterocycles. The Labute approximate surface area is 102 Å². The van der Waals surface area contributed by atoms with Crippen LogP contribution in [0.15, 0.2) is 42.7 Å². The first-order valence-corrected chi connectivity index (χ1v) is 5.89. The van der Waals surface area contributed by atoms with E-state index in [1.54, 1.807) is 6.20 Å². The summed E-state index contributed by atoms with van der Waals surface area (Å²) in [6, 6.07) is 9.87. The van der Waals surface area contributed by atoms with E-state index in [1.807, 2.05) is 43.5 Å². The highest BCUT2D eigenvalue weighted by Gasteiger charge is 2.13. The van der Waals surface area contributed by atoms with E-state index in [4.69, 9.17) is 0 Å². The van der Waals surface area contributed by atoms with E-state index >= 15 is 0 Å². The Morgan fingerprint density at radius 1 is 1.18 bits per heavy atom. The van der Waals surface area contributed by atoms with Gasteiger partial charge in [0.1, 0.15) is 6.10 Å². The van der Waals surface area contributed by atoms with Gasteiger partial charge in [-0.15, -0.1) is 0 Å². The molecule has 0 saturated heterocycles. The van der Waals surface area contributed by atoms with Crippen molar-refractivity contribution < 1.29 is 5.11 Å². The third-order valence-corrected chi connectivity index (χ3v) is 3.01. The number of pyridine rings is 1. The maximum absolute atomic E-state index is 10.4. The third-order valence-electron chi connectivity index (χ3n) is 3.01. The second kappa shape index (κ2) is 5.11. The number of aryl methyl sites for hydroxylation is 2. The van der Waals surface area contributed by atoms with Crippen molar-refractivity contribution in [2.45, 2.75) is 26.4 Å². The summed E-state index contributed by atoms with van der Waals surface area (Å²) in [5, 5.41) is 10.4. The van der Waals surface area contributed by atoms with E-state index < -0.39 is 6.10 Å². The van der Waals surface area contributed by atoms with Crippen LogP contribution >= 0.6 is 0 Å². The summed E-state index contributed by atoms with van der Waals surface area (Å²) in [7, 11) is 0. The van der Waals surface area contributed by atoms with Gasteiger partial charge in [-0.05, 0) is 36.1 Å². The minimum Gasteiger partial charge on any atom is -0.384 e. The number of benzene rings is 1. The highest BCUT2D eigenvalue weighted by molar-refractivity contribution is 5.35. The minimum absolute atomic E-state index is 0.562. The van der Waals surface area contributed by atoms with E-state index in [1.165, 1.54) is 5.56 Å². The number of aliphatic hydroxyl groups is 1. The van der Waals surface area contributed by atoms with Crippen LogP contribution < -0.4 is 0 Å². The first kappa shape index (κ1) is 11.8. The molecular formula is C15H17NO. The molecule has 1 N–H and O–H groups in total. The van der Waals surface area contributed by atoms with Crippen molar-refractivity contribution in [1.82, 2.24) is 4.98 Å². The Morgan fingerprint density at radius 3 is 2.53 bits per heavy atom. The number of nitrogens with zero attached hydrogens (tertiary/aromatic N) is 1. The normalized spacial score (nSPS) is 12.4. The summed E-state index contributed by atoms with van der Waals surface area (Å²) in [5.74, 6) is 0. The predicted molar refractivity (Wildman–Crippen MR) is 68.9 cm³/mol. The van der Waals surface area contributed by atoms with Gasteiger partial charge in [0.15, 0.2) is 0 Å². The van der Waals surface area contributed by atoms with Crippen molar-refractivity contribution in [3.05, 3.63) is 65.0 Å². The van der Waals surface area contributed by atoms with Gasteiger partial charge in [-0.25, -0.2) is 0 Å². The average molecular weight is 227 g/mol. The number of hydrogen-bond donors (Lipinski definition) is 1. The Balaban J connectivity index is 2.36. The summed E-state index contributed by atoms with van der Waals surface area (Å²) in [6.45, 7) is 4.11. The van der Waals surface area contributed by atoms with Gasteiger partial charge >= 0.3 is 0 Å². The Bertz CT molecular complexity index is 491. The smallest absolute Gasteiger partial charge is 0.104 e. The number of hydrogen-bond acceptors (Lipinski definition) is 2. The summed E-state index contributed by atoms with van der Waals surface area (Å²) >= 11 is 0. The monoisotopic (exact) mass is 227 g/mol. The van der Waals surface area contributed by atoms with Gasteiger partial charge in [0.2, 0.25) is 0 Å². The maximum atomic E-state index is 10.4. The molecule has 0 spiro atoms. The molecule has 2 aromatic rings. The third kappa shape index (κ3) is 2.53. The second-order valence-electron chi connectivity index (χ2n) is 4.24. The van der Waals surface area contributed by atoms with Crippen LogP contribution in [0.3, 0.4) is 0 Å². The summed E-state index contributed by atoms with van der Waals surface area (Å²) in [6.07, 6.45) is 3.87. The van der Waals surface area contributed by atoms with Crippen molar-refractivity contribution in [1.29, 1.82) is 0 Å². The maximum Gasteiger partial charge on any atom is 0.104 e. The molecule has 2 heteroatoms. The fraction of sp³-hybridized carbons (Fsp3) is 0.267. The van der Waals surface area contributed by atoms with Gasteiger partial charge in [0.25, 0.3) is 0 Å². The molecule has 1 atom stereocenters. The van der Waals surface area contributed by atoms with Crippen molar-refractivity contribution in [3.63, 3.8) is 0 Å². The second-order valence-corrected chi connectivity index (χ2v) is 4.24. The Kier molecular flexibility index (Phi) is 3.55. The lowest BCUT2D eigenvalue weighted by Crippen LogP contribution is -2.03.